The summed E-state index contributed by atoms with van der Waals surface area (Å²) in [5, 5.41) is 0. The van der Waals surface area contributed by atoms with Crippen LogP contribution in [0.5, 0.6) is 11.5 Å². The molecular weight excluding hydrogens is 342 g/mol. The Hall–Kier alpha value is -1.76. The maximum atomic E-state index is 12.7. The average Bonchev–Trinajstić information content (AvgIpc) is 2.47. The third-order valence-electron chi connectivity index (χ3n) is 2.98. The van der Waals surface area contributed by atoms with Crippen molar-refractivity contribution in [3.8, 4) is 11.5 Å². The molecule has 0 N–H and O–H groups in total. The quantitative estimate of drug-likeness (QED) is 0.349. The van der Waals surface area contributed by atoms with Gasteiger partial charge in [-0.3, -0.25) is 9.13 Å². The van der Waals surface area contributed by atoms with Crippen LogP contribution in [0.4, 0.5) is 0 Å². The molecule has 130 valence electrons. The zero-order valence-electron chi connectivity index (χ0n) is 13.8. The lowest BCUT2D eigenvalue weighted by atomic mass is 10.3. The summed E-state index contributed by atoms with van der Waals surface area (Å²) in [5.41, 5.74) is 0. The summed E-state index contributed by atoms with van der Waals surface area (Å²) < 4.78 is 36.7. The van der Waals surface area contributed by atoms with E-state index in [1.807, 2.05) is 0 Å². The lowest BCUT2D eigenvalue weighted by Crippen LogP contribution is -2.01. The van der Waals surface area contributed by atoms with Gasteiger partial charge in [-0.1, -0.05) is 30.4 Å². The molecule has 0 spiro atoms. The van der Waals surface area contributed by atoms with Crippen LogP contribution in [0, 0.1) is 0 Å². The second kappa shape index (κ2) is 9.52. The lowest BCUT2D eigenvalue weighted by Gasteiger charge is -2.19. The summed E-state index contributed by atoms with van der Waals surface area (Å²) >= 11 is 0. The molecule has 0 heterocycles. The van der Waals surface area contributed by atoms with Crippen molar-refractivity contribution in [3.63, 3.8) is 0 Å². The summed E-state index contributed by atoms with van der Waals surface area (Å²) in [6.07, 6.45) is 7.23. The van der Waals surface area contributed by atoms with Crippen LogP contribution in [0.15, 0.2) is 74.9 Å². The molecule has 6 heteroatoms. The fourth-order valence-electron chi connectivity index (χ4n) is 2.06. The molecule has 0 saturated carbocycles. The molecule has 0 bridgehead atoms. The van der Waals surface area contributed by atoms with E-state index in [4.69, 9.17) is 9.05 Å². The van der Waals surface area contributed by atoms with E-state index in [0.717, 1.165) is 0 Å². The molecule has 1 rings (SSSR count). The SMILES string of the molecule is C=CCP(=O)(CC=C)Oc1cccc(OP(=O)(CC=C)CC=C)c1. The zero-order chi connectivity index (χ0) is 18.1. The van der Waals surface area contributed by atoms with E-state index in [0.29, 0.717) is 11.5 Å². The molecule has 0 saturated heterocycles. The summed E-state index contributed by atoms with van der Waals surface area (Å²) in [6, 6.07) is 6.63. The molecule has 0 aliphatic rings. The molecule has 0 aliphatic heterocycles. The van der Waals surface area contributed by atoms with Crippen molar-refractivity contribution in [2.24, 2.45) is 0 Å². The van der Waals surface area contributed by atoms with Gasteiger partial charge in [0.15, 0.2) is 0 Å². The van der Waals surface area contributed by atoms with E-state index in [9.17, 15) is 9.13 Å². The van der Waals surface area contributed by atoms with Gasteiger partial charge in [0.1, 0.15) is 11.5 Å². The summed E-state index contributed by atoms with van der Waals surface area (Å²) in [7, 11) is -5.86. The lowest BCUT2D eigenvalue weighted by molar-refractivity contribution is 0.477. The highest BCUT2D eigenvalue weighted by Gasteiger charge is 2.23. The number of hydrogen-bond donors (Lipinski definition) is 0. The first-order chi connectivity index (χ1) is 11.4. The van der Waals surface area contributed by atoms with Crippen LogP contribution in [0.3, 0.4) is 0 Å². The van der Waals surface area contributed by atoms with Crippen LogP contribution in [0.25, 0.3) is 0 Å². The molecule has 0 fully saturated rings. The minimum Gasteiger partial charge on any atom is -0.442 e. The van der Waals surface area contributed by atoms with Crippen LogP contribution in [-0.2, 0) is 9.13 Å². The van der Waals surface area contributed by atoms with Gasteiger partial charge in [0.2, 0.25) is 0 Å². The molecule has 0 amide bonds. The van der Waals surface area contributed by atoms with E-state index in [-0.39, 0.29) is 24.6 Å². The number of hydrogen-bond acceptors (Lipinski definition) is 4. The molecule has 24 heavy (non-hydrogen) atoms. The number of rotatable bonds is 12. The first kappa shape index (κ1) is 20.3. The van der Waals surface area contributed by atoms with Crippen molar-refractivity contribution < 1.29 is 18.2 Å². The largest absolute Gasteiger partial charge is 0.442 e. The van der Waals surface area contributed by atoms with Crippen LogP contribution >= 0.6 is 14.7 Å². The van der Waals surface area contributed by atoms with Gasteiger partial charge in [0.25, 0.3) is 14.7 Å². The monoisotopic (exact) mass is 366 g/mol. The molecule has 1 aromatic carbocycles. The average molecular weight is 366 g/mol. The highest BCUT2D eigenvalue weighted by molar-refractivity contribution is 7.60. The fourth-order valence-corrected chi connectivity index (χ4v) is 5.22. The third-order valence-corrected chi connectivity index (χ3v) is 7.32. The predicted octanol–water partition coefficient (Wildman–Crippen LogP) is 5.74. The highest BCUT2D eigenvalue weighted by atomic mass is 31.2. The molecule has 0 unspecified atom stereocenters. The van der Waals surface area contributed by atoms with Crippen molar-refractivity contribution in [1.29, 1.82) is 0 Å². The van der Waals surface area contributed by atoms with Crippen molar-refractivity contribution >= 4 is 14.7 Å². The Morgan fingerprint density at radius 1 is 0.750 bits per heavy atom. The Kier molecular flexibility index (Phi) is 8.04. The van der Waals surface area contributed by atoms with E-state index >= 15 is 0 Å². The standard InChI is InChI=1S/C18H24O4P2/c1-5-12-23(19,13-6-2)21-17-10-9-11-18(16-17)22-24(20,14-7-3)15-8-4/h5-11,16H,1-4,12-15H2. The Balaban J connectivity index is 3.00. The van der Waals surface area contributed by atoms with Crippen molar-refractivity contribution in [3.05, 3.63) is 74.9 Å². The molecule has 0 atom stereocenters. The Labute approximate surface area is 144 Å². The minimum atomic E-state index is -2.93. The molecule has 1 aromatic rings. The Bertz CT molecular complexity index is 611. The second-order valence-electron chi connectivity index (χ2n) is 5.17. The minimum absolute atomic E-state index is 0.246. The first-order valence-electron chi connectivity index (χ1n) is 7.49. The van der Waals surface area contributed by atoms with Crippen LogP contribution < -0.4 is 9.05 Å². The van der Waals surface area contributed by atoms with Gasteiger partial charge in [-0.05, 0) is 12.1 Å². The van der Waals surface area contributed by atoms with Gasteiger partial charge in [-0.2, -0.15) is 0 Å². The van der Waals surface area contributed by atoms with Crippen molar-refractivity contribution in [1.82, 2.24) is 0 Å². The van der Waals surface area contributed by atoms with Gasteiger partial charge in [0.05, 0.1) is 24.6 Å². The fraction of sp³-hybridized carbons (Fsp3) is 0.222. The Morgan fingerprint density at radius 3 is 1.38 bits per heavy atom. The first-order valence-corrected chi connectivity index (χ1v) is 11.5. The predicted molar refractivity (Wildman–Crippen MR) is 103 cm³/mol. The van der Waals surface area contributed by atoms with Crippen LogP contribution in [0.2, 0.25) is 0 Å². The van der Waals surface area contributed by atoms with Gasteiger partial charge < -0.3 is 9.05 Å². The topological polar surface area (TPSA) is 52.6 Å². The second-order valence-corrected chi connectivity index (χ2v) is 10.3. The van der Waals surface area contributed by atoms with Crippen LogP contribution in [0.1, 0.15) is 0 Å². The number of benzene rings is 1. The van der Waals surface area contributed by atoms with Gasteiger partial charge >= 0.3 is 0 Å². The zero-order valence-corrected chi connectivity index (χ0v) is 15.6. The van der Waals surface area contributed by atoms with Gasteiger partial charge in [-0.25, -0.2) is 0 Å². The highest BCUT2D eigenvalue weighted by Crippen LogP contribution is 2.50. The normalized spacial score (nSPS) is 11.3. The van der Waals surface area contributed by atoms with E-state index in [2.05, 4.69) is 26.3 Å². The van der Waals surface area contributed by atoms with Crippen molar-refractivity contribution in [2.45, 2.75) is 0 Å². The molecular formula is C18H24O4P2. The van der Waals surface area contributed by atoms with E-state index < -0.39 is 14.7 Å². The molecule has 0 aromatic heterocycles. The van der Waals surface area contributed by atoms with Gasteiger partial charge in [-0.15, -0.1) is 26.3 Å². The Morgan fingerprint density at radius 2 is 1.08 bits per heavy atom. The summed E-state index contributed by atoms with van der Waals surface area (Å²) in [4.78, 5) is 0. The smallest absolute Gasteiger partial charge is 0.255 e. The maximum absolute atomic E-state index is 12.7. The molecule has 0 radical (unpaired) electrons. The van der Waals surface area contributed by atoms with E-state index in [1.54, 1.807) is 48.6 Å². The molecule has 0 aliphatic carbocycles. The van der Waals surface area contributed by atoms with Gasteiger partial charge in [0, 0.05) is 6.07 Å². The maximum Gasteiger partial charge on any atom is 0.255 e. The molecule has 4 nitrogen and oxygen atoms in total. The third kappa shape index (κ3) is 6.39. The van der Waals surface area contributed by atoms with Crippen LogP contribution in [-0.4, -0.2) is 24.6 Å². The van der Waals surface area contributed by atoms with Crippen molar-refractivity contribution in [2.75, 3.05) is 24.6 Å². The summed E-state index contributed by atoms with van der Waals surface area (Å²) in [5.74, 6) is 0.784. The summed E-state index contributed by atoms with van der Waals surface area (Å²) in [6.45, 7) is 14.4. The van der Waals surface area contributed by atoms with E-state index in [1.165, 1.54) is 0 Å². The number of allylic oxidation sites excluding steroid dienone is 4.